The van der Waals surface area contributed by atoms with Gasteiger partial charge in [-0.3, -0.25) is 4.98 Å². The average Bonchev–Trinajstić information content (AvgIpc) is 2.52. The number of benzene rings is 1. The number of aromatic nitrogens is 1. The zero-order valence-electron chi connectivity index (χ0n) is 12.3. The zero-order valence-corrected chi connectivity index (χ0v) is 12.3. The molecule has 0 aliphatic rings. The third kappa shape index (κ3) is 4.78. The van der Waals surface area contributed by atoms with Crippen molar-refractivity contribution >= 4 is 0 Å². The van der Waals surface area contributed by atoms with E-state index in [-0.39, 0.29) is 0 Å². The van der Waals surface area contributed by atoms with Crippen LogP contribution in [0.25, 0.3) is 0 Å². The number of pyridine rings is 1. The molecule has 1 atom stereocenters. The number of nitrogens with one attached hydrogen (secondary N) is 1. The van der Waals surface area contributed by atoms with Crippen molar-refractivity contribution in [3.63, 3.8) is 0 Å². The molecule has 0 aliphatic carbocycles. The molecule has 2 rings (SSSR count). The Morgan fingerprint density at radius 1 is 1.05 bits per heavy atom. The van der Waals surface area contributed by atoms with Crippen molar-refractivity contribution in [1.82, 2.24) is 10.3 Å². The Bertz CT molecular complexity index is 467. The molecule has 1 unspecified atom stereocenters. The Hall–Kier alpha value is -1.67. The highest BCUT2D eigenvalue weighted by Gasteiger charge is 2.09. The van der Waals surface area contributed by atoms with Crippen LogP contribution in [0, 0.1) is 0 Å². The lowest BCUT2D eigenvalue weighted by molar-refractivity contribution is 0.483. The number of rotatable bonds is 8. The van der Waals surface area contributed by atoms with Gasteiger partial charge in [-0.15, -0.1) is 0 Å². The minimum Gasteiger partial charge on any atom is -0.310 e. The third-order valence-electron chi connectivity index (χ3n) is 3.49. The van der Waals surface area contributed by atoms with Gasteiger partial charge in [-0.25, -0.2) is 0 Å². The SMILES string of the molecule is CCCNC(CCCc1ccccn1)c1ccccc1. The molecule has 1 aromatic carbocycles. The second kappa shape index (κ2) is 8.49. The van der Waals surface area contributed by atoms with Crippen molar-refractivity contribution in [3.05, 3.63) is 66.0 Å². The summed E-state index contributed by atoms with van der Waals surface area (Å²) in [4.78, 5) is 4.39. The molecule has 0 amide bonds. The Morgan fingerprint density at radius 3 is 2.55 bits per heavy atom. The van der Waals surface area contributed by atoms with Crippen LogP contribution in [0.15, 0.2) is 54.7 Å². The van der Waals surface area contributed by atoms with Gasteiger partial charge >= 0.3 is 0 Å². The Morgan fingerprint density at radius 2 is 1.85 bits per heavy atom. The summed E-state index contributed by atoms with van der Waals surface area (Å²) < 4.78 is 0. The fraction of sp³-hybridized carbons (Fsp3) is 0.389. The fourth-order valence-electron chi connectivity index (χ4n) is 2.42. The molecule has 2 heteroatoms. The minimum absolute atomic E-state index is 0.458. The summed E-state index contributed by atoms with van der Waals surface area (Å²) in [5.41, 5.74) is 2.58. The lowest BCUT2D eigenvalue weighted by Gasteiger charge is -2.19. The van der Waals surface area contributed by atoms with Crippen LogP contribution in [-0.2, 0) is 6.42 Å². The minimum atomic E-state index is 0.458. The van der Waals surface area contributed by atoms with Gasteiger partial charge in [-0.2, -0.15) is 0 Å². The van der Waals surface area contributed by atoms with Crippen LogP contribution >= 0.6 is 0 Å². The number of nitrogens with zero attached hydrogens (tertiary/aromatic N) is 1. The van der Waals surface area contributed by atoms with E-state index in [0.29, 0.717) is 6.04 Å². The van der Waals surface area contributed by atoms with Crippen molar-refractivity contribution in [1.29, 1.82) is 0 Å². The second-order valence-electron chi connectivity index (χ2n) is 5.13. The largest absolute Gasteiger partial charge is 0.310 e. The highest BCUT2D eigenvalue weighted by atomic mass is 14.9. The van der Waals surface area contributed by atoms with Gasteiger partial charge in [0, 0.05) is 17.9 Å². The van der Waals surface area contributed by atoms with Gasteiger partial charge < -0.3 is 5.32 Å². The van der Waals surface area contributed by atoms with E-state index in [1.807, 2.05) is 12.3 Å². The van der Waals surface area contributed by atoms with Crippen LogP contribution in [0.2, 0.25) is 0 Å². The maximum atomic E-state index is 4.39. The molecule has 106 valence electrons. The summed E-state index contributed by atoms with van der Waals surface area (Å²) >= 11 is 0. The van der Waals surface area contributed by atoms with Crippen molar-refractivity contribution in [3.8, 4) is 0 Å². The predicted octanol–water partition coefficient (Wildman–Crippen LogP) is 4.15. The molecule has 2 nitrogen and oxygen atoms in total. The van der Waals surface area contributed by atoms with Crippen molar-refractivity contribution in [2.45, 2.75) is 38.6 Å². The van der Waals surface area contributed by atoms with E-state index in [9.17, 15) is 0 Å². The first kappa shape index (κ1) is 14.7. The maximum Gasteiger partial charge on any atom is 0.0403 e. The highest BCUT2D eigenvalue weighted by molar-refractivity contribution is 5.18. The monoisotopic (exact) mass is 268 g/mol. The average molecular weight is 268 g/mol. The molecule has 0 saturated heterocycles. The molecule has 1 N–H and O–H groups in total. The quantitative estimate of drug-likeness (QED) is 0.778. The van der Waals surface area contributed by atoms with Gasteiger partial charge in [0.25, 0.3) is 0 Å². The van der Waals surface area contributed by atoms with Crippen LogP contribution in [0.4, 0.5) is 0 Å². The molecular formula is C18H24N2. The van der Waals surface area contributed by atoms with Gasteiger partial charge in [-0.1, -0.05) is 43.3 Å². The topological polar surface area (TPSA) is 24.9 Å². The van der Waals surface area contributed by atoms with Crippen LogP contribution < -0.4 is 5.32 Å². The van der Waals surface area contributed by atoms with Crippen molar-refractivity contribution in [2.24, 2.45) is 0 Å². The lowest BCUT2D eigenvalue weighted by Crippen LogP contribution is -2.22. The third-order valence-corrected chi connectivity index (χ3v) is 3.49. The highest BCUT2D eigenvalue weighted by Crippen LogP contribution is 2.19. The van der Waals surface area contributed by atoms with Crippen LogP contribution in [0.1, 0.15) is 43.5 Å². The maximum absolute atomic E-state index is 4.39. The van der Waals surface area contributed by atoms with Crippen LogP contribution in [0.5, 0.6) is 0 Å². The predicted molar refractivity (Wildman–Crippen MR) is 84.7 cm³/mol. The Kier molecular flexibility index (Phi) is 6.25. The Labute approximate surface area is 122 Å². The molecule has 20 heavy (non-hydrogen) atoms. The number of aryl methyl sites for hydroxylation is 1. The van der Waals surface area contributed by atoms with Crippen molar-refractivity contribution in [2.75, 3.05) is 6.54 Å². The van der Waals surface area contributed by atoms with E-state index < -0.39 is 0 Å². The molecule has 1 heterocycles. The van der Waals surface area contributed by atoms with Gasteiger partial charge in [0.1, 0.15) is 0 Å². The second-order valence-corrected chi connectivity index (χ2v) is 5.13. The molecule has 0 bridgehead atoms. The molecule has 0 radical (unpaired) electrons. The van der Waals surface area contributed by atoms with E-state index in [2.05, 4.69) is 59.7 Å². The summed E-state index contributed by atoms with van der Waals surface area (Å²) in [6, 6.07) is 17.3. The van der Waals surface area contributed by atoms with Crippen molar-refractivity contribution < 1.29 is 0 Å². The van der Waals surface area contributed by atoms with Gasteiger partial charge in [0.15, 0.2) is 0 Å². The summed E-state index contributed by atoms with van der Waals surface area (Å²) in [7, 11) is 0. The first-order chi connectivity index (χ1) is 9.90. The fourth-order valence-corrected chi connectivity index (χ4v) is 2.42. The summed E-state index contributed by atoms with van der Waals surface area (Å²) in [5, 5.41) is 3.65. The first-order valence-corrected chi connectivity index (χ1v) is 7.58. The zero-order chi connectivity index (χ0) is 14.0. The molecule has 2 aromatic rings. The number of hydrogen-bond donors (Lipinski definition) is 1. The normalized spacial score (nSPS) is 12.2. The first-order valence-electron chi connectivity index (χ1n) is 7.58. The molecule has 0 fully saturated rings. The van der Waals surface area contributed by atoms with E-state index >= 15 is 0 Å². The van der Waals surface area contributed by atoms with Gasteiger partial charge in [0.2, 0.25) is 0 Å². The molecule has 0 saturated carbocycles. The summed E-state index contributed by atoms with van der Waals surface area (Å²) in [6.45, 7) is 3.28. The molecule has 1 aromatic heterocycles. The lowest BCUT2D eigenvalue weighted by atomic mass is 10.00. The Balaban J connectivity index is 1.88. The van der Waals surface area contributed by atoms with Gasteiger partial charge in [-0.05, 0) is 49.9 Å². The van der Waals surface area contributed by atoms with E-state index in [1.165, 1.54) is 17.7 Å². The van der Waals surface area contributed by atoms with E-state index in [4.69, 9.17) is 0 Å². The van der Waals surface area contributed by atoms with E-state index in [1.54, 1.807) is 0 Å². The van der Waals surface area contributed by atoms with E-state index in [0.717, 1.165) is 25.8 Å². The number of hydrogen-bond acceptors (Lipinski definition) is 2. The molecule has 0 aliphatic heterocycles. The van der Waals surface area contributed by atoms with Crippen LogP contribution in [0.3, 0.4) is 0 Å². The van der Waals surface area contributed by atoms with Gasteiger partial charge in [0.05, 0.1) is 0 Å². The molecular weight excluding hydrogens is 244 g/mol. The smallest absolute Gasteiger partial charge is 0.0403 e. The summed E-state index contributed by atoms with van der Waals surface area (Å²) in [5.74, 6) is 0. The standard InChI is InChI=1S/C18H24N2/c1-2-14-20-18(16-9-4-3-5-10-16)13-8-12-17-11-6-7-15-19-17/h3-7,9-11,15,18,20H,2,8,12-14H2,1H3. The summed E-state index contributed by atoms with van der Waals surface area (Å²) in [6.07, 6.45) is 6.41. The molecule has 0 spiro atoms. The van der Waals surface area contributed by atoms with Crippen LogP contribution in [-0.4, -0.2) is 11.5 Å².